The van der Waals surface area contributed by atoms with Crippen LogP contribution in [-0.2, 0) is 20.7 Å². The molecule has 2 rings (SSSR count). The summed E-state index contributed by atoms with van der Waals surface area (Å²) in [4.78, 5) is 25.4. The Morgan fingerprint density at radius 2 is 2.07 bits per heavy atom. The number of amides is 2. The van der Waals surface area contributed by atoms with Gasteiger partial charge in [-0.15, -0.1) is 0 Å². The Hall–Kier alpha value is -2.15. The van der Waals surface area contributed by atoms with Gasteiger partial charge < -0.3 is 14.8 Å². The number of hydrogen-bond donors (Lipinski definition) is 1. The molecule has 0 spiro atoms. The van der Waals surface area contributed by atoms with Crippen molar-refractivity contribution in [3.63, 3.8) is 0 Å². The minimum absolute atomic E-state index is 0.168. The van der Waals surface area contributed by atoms with E-state index in [-0.39, 0.29) is 23.9 Å². The third kappa shape index (κ3) is 5.19. The van der Waals surface area contributed by atoms with Gasteiger partial charge in [-0.1, -0.05) is 0 Å². The maximum Gasteiger partial charge on any atom is 0.412 e. The number of ether oxygens (including phenoxy) is 2. The highest BCUT2D eigenvalue weighted by Gasteiger charge is 2.44. The maximum absolute atomic E-state index is 14.2. The molecular weight excluding hydrogens is 351 g/mol. The van der Waals surface area contributed by atoms with Crippen molar-refractivity contribution in [2.45, 2.75) is 72.3 Å². The highest BCUT2D eigenvalue weighted by Crippen LogP contribution is 2.31. The zero-order valence-corrected chi connectivity index (χ0v) is 16.9. The summed E-state index contributed by atoms with van der Waals surface area (Å²) in [5.74, 6) is -0.618. The van der Waals surface area contributed by atoms with E-state index in [2.05, 4.69) is 5.32 Å². The molecular formula is C20H29FN2O4. The zero-order valence-electron chi connectivity index (χ0n) is 16.9. The molecule has 1 saturated heterocycles. The molecule has 150 valence electrons. The molecule has 0 aliphatic carbocycles. The fraction of sp³-hybridized carbons (Fsp3) is 0.600. The molecule has 0 aromatic heterocycles. The standard InChI is InChI=1S/C20H29FN2O4/c1-12(2)27-19(25)23-17(11-26-20(23,5)6)8-7-15-9-16(22-14(4)24)10-18(21)13(15)3/h9-10,12,17H,7-8,11H2,1-6H3,(H,22,24)/t17-/m0/s1. The van der Waals surface area contributed by atoms with Gasteiger partial charge in [0.05, 0.1) is 18.8 Å². The zero-order chi connectivity index (χ0) is 20.4. The summed E-state index contributed by atoms with van der Waals surface area (Å²) in [7, 11) is 0. The molecule has 1 atom stereocenters. The molecule has 1 heterocycles. The number of rotatable bonds is 5. The number of benzene rings is 1. The first-order chi connectivity index (χ1) is 12.5. The van der Waals surface area contributed by atoms with Crippen molar-refractivity contribution in [2.24, 2.45) is 0 Å². The van der Waals surface area contributed by atoms with Crippen LogP contribution < -0.4 is 5.32 Å². The van der Waals surface area contributed by atoms with Crippen LogP contribution in [0.2, 0.25) is 0 Å². The van der Waals surface area contributed by atoms with Crippen LogP contribution in [0.1, 0.15) is 52.2 Å². The molecule has 1 aromatic carbocycles. The molecule has 0 saturated carbocycles. The van der Waals surface area contributed by atoms with Crippen LogP contribution in [0.15, 0.2) is 12.1 Å². The topological polar surface area (TPSA) is 67.9 Å². The summed E-state index contributed by atoms with van der Waals surface area (Å²) in [5.41, 5.74) is 1.01. The summed E-state index contributed by atoms with van der Waals surface area (Å²) >= 11 is 0. The number of nitrogens with one attached hydrogen (secondary N) is 1. The fourth-order valence-electron chi connectivity index (χ4n) is 3.32. The molecule has 6 nitrogen and oxygen atoms in total. The molecule has 1 fully saturated rings. The van der Waals surface area contributed by atoms with Crippen molar-refractivity contribution < 1.29 is 23.5 Å². The Kier molecular flexibility index (Phi) is 6.46. The van der Waals surface area contributed by atoms with Gasteiger partial charge in [-0.3, -0.25) is 9.69 Å². The normalized spacial score (nSPS) is 18.7. The van der Waals surface area contributed by atoms with Gasteiger partial charge in [0.1, 0.15) is 11.5 Å². The Morgan fingerprint density at radius 1 is 1.41 bits per heavy atom. The van der Waals surface area contributed by atoms with E-state index in [0.717, 1.165) is 5.56 Å². The smallest absolute Gasteiger partial charge is 0.412 e. The van der Waals surface area contributed by atoms with E-state index in [9.17, 15) is 14.0 Å². The summed E-state index contributed by atoms with van der Waals surface area (Å²) in [6.07, 6.45) is 0.513. The number of carbonyl (C=O) groups is 2. The highest BCUT2D eigenvalue weighted by molar-refractivity contribution is 5.88. The molecule has 0 bridgehead atoms. The third-order valence-corrected chi connectivity index (χ3v) is 4.63. The van der Waals surface area contributed by atoms with Gasteiger partial charge in [-0.25, -0.2) is 9.18 Å². The Bertz CT molecular complexity index is 718. The fourth-order valence-corrected chi connectivity index (χ4v) is 3.32. The van der Waals surface area contributed by atoms with Crippen LogP contribution in [0.25, 0.3) is 0 Å². The summed E-state index contributed by atoms with van der Waals surface area (Å²) in [6.45, 7) is 10.8. The Balaban J connectivity index is 2.16. The van der Waals surface area contributed by atoms with E-state index in [0.29, 0.717) is 30.7 Å². The minimum atomic E-state index is -0.755. The second-order valence-corrected chi connectivity index (χ2v) is 7.68. The highest BCUT2D eigenvalue weighted by atomic mass is 19.1. The molecule has 0 unspecified atom stereocenters. The van der Waals surface area contributed by atoms with Gasteiger partial charge in [0.15, 0.2) is 0 Å². The lowest BCUT2D eigenvalue weighted by atomic mass is 9.99. The summed E-state index contributed by atoms with van der Waals surface area (Å²) in [6, 6.07) is 2.92. The number of carbonyl (C=O) groups excluding carboxylic acids is 2. The first kappa shape index (κ1) is 21.2. The number of anilines is 1. The van der Waals surface area contributed by atoms with Crippen LogP contribution in [0.5, 0.6) is 0 Å². The van der Waals surface area contributed by atoms with Crippen molar-refractivity contribution in [1.29, 1.82) is 0 Å². The maximum atomic E-state index is 14.2. The van der Waals surface area contributed by atoms with E-state index < -0.39 is 11.8 Å². The Labute approximate surface area is 160 Å². The van der Waals surface area contributed by atoms with Gasteiger partial charge in [0.2, 0.25) is 5.91 Å². The molecule has 0 radical (unpaired) electrons. The van der Waals surface area contributed by atoms with Crippen LogP contribution in [0, 0.1) is 12.7 Å². The Morgan fingerprint density at radius 3 is 2.67 bits per heavy atom. The number of aryl methyl sites for hydroxylation is 1. The average Bonchev–Trinajstić information content (AvgIpc) is 2.82. The largest absolute Gasteiger partial charge is 0.447 e. The van der Waals surface area contributed by atoms with Crippen LogP contribution >= 0.6 is 0 Å². The number of halogens is 1. The first-order valence-electron chi connectivity index (χ1n) is 9.21. The monoisotopic (exact) mass is 380 g/mol. The van der Waals surface area contributed by atoms with Gasteiger partial charge in [-0.05, 0) is 70.7 Å². The minimum Gasteiger partial charge on any atom is -0.447 e. The van der Waals surface area contributed by atoms with Crippen molar-refractivity contribution in [1.82, 2.24) is 4.90 Å². The molecule has 1 aliphatic rings. The van der Waals surface area contributed by atoms with Crippen molar-refractivity contribution in [3.05, 3.63) is 29.1 Å². The van der Waals surface area contributed by atoms with Gasteiger partial charge >= 0.3 is 6.09 Å². The lowest BCUT2D eigenvalue weighted by Gasteiger charge is -2.33. The summed E-state index contributed by atoms with van der Waals surface area (Å²) < 4.78 is 25.3. The first-order valence-corrected chi connectivity index (χ1v) is 9.21. The predicted octanol–water partition coefficient (Wildman–Crippen LogP) is 4.01. The third-order valence-electron chi connectivity index (χ3n) is 4.63. The van der Waals surface area contributed by atoms with E-state index in [4.69, 9.17) is 9.47 Å². The van der Waals surface area contributed by atoms with Crippen molar-refractivity contribution >= 4 is 17.7 Å². The molecule has 1 N–H and O–H groups in total. The second-order valence-electron chi connectivity index (χ2n) is 7.68. The van der Waals surface area contributed by atoms with E-state index in [1.54, 1.807) is 31.7 Å². The quantitative estimate of drug-likeness (QED) is 0.838. The molecule has 1 aromatic rings. The van der Waals surface area contributed by atoms with Crippen molar-refractivity contribution in [3.8, 4) is 0 Å². The van der Waals surface area contributed by atoms with Gasteiger partial charge in [-0.2, -0.15) is 0 Å². The van der Waals surface area contributed by atoms with E-state index in [1.807, 2.05) is 13.8 Å². The lowest BCUT2D eigenvalue weighted by Crippen LogP contribution is -2.48. The van der Waals surface area contributed by atoms with Gasteiger partial charge in [0.25, 0.3) is 0 Å². The van der Waals surface area contributed by atoms with Crippen molar-refractivity contribution in [2.75, 3.05) is 11.9 Å². The van der Waals surface area contributed by atoms with Crippen LogP contribution in [0.4, 0.5) is 14.9 Å². The predicted molar refractivity (Wildman–Crippen MR) is 101 cm³/mol. The molecule has 27 heavy (non-hydrogen) atoms. The number of nitrogens with zero attached hydrogens (tertiary/aromatic N) is 1. The van der Waals surface area contributed by atoms with Crippen LogP contribution in [-0.4, -0.2) is 41.4 Å². The molecule has 7 heteroatoms. The van der Waals surface area contributed by atoms with Crippen LogP contribution in [0.3, 0.4) is 0 Å². The second kappa shape index (κ2) is 8.25. The lowest BCUT2D eigenvalue weighted by molar-refractivity contribution is -0.114. The summed E-state index contributed by atoms with van der Waals surface area (Å²) in [5, 5.41) is 2.61. The molecule has 2 amide bonds. The number of hydrogen-bond acceptors (Lipinski definition) is 4. The van der Waals surface area contributed by atoms with E-state index >= 15 is 0 Å². The average molecular weight is 380 g/mol. The van der Waals surface area contributed by atoms with Gasteiger partial charge in [0, 0.05) is 12.6 Å². The van der Waals surface area contributed by atoms with E-state index in [1.165, 1.54) is 13.0 Å². The SMILES string of the molecule is CC(=O)Nc1cc(F)c(C)c(CC[C@H]2COC(C)(C)N2C(=O)OC(C)C)c1. The molecule has 1 aliphatic heterocycles.